The van der Waals surface area contributed by atoms with Crippen LogP contribution in [-0.4, -0.2) is 24.2 Å². The lowest BCUT2D eigenvalue weighted by Gasteiger charge is -2.25. The lowest BCUT2D eigenvalue weighted by atomic mass is 10.1. The minimum Gasteiger partial charge on any atom is -0.311 e. The van der Waals surface area contributed by atoms with E-state index in [-0.39, 0.29) is 11.8 Å². The normalized spacial score (nSPS) is 10.9. The van der Waals surface area contributed by atoms with Crippen LogP contribution in [0.15, 0.2) is 174 Å². The van der Waals surface area contributed by atoms with Gasteiger partial charge in [-0.1, -0.05) is 92.0 Å². The molecule has 0 fully saturated rings. The van der Waals surface area contributed by atoms with Gasteiger partial charge in [0.1, 0.15) is 0 Å². The van der Waals surface area contributed by atoms with Gasteiger partial charge in [0.2, 0.25) is 0 Å². The predicted octanol–water partition coefficient (Wildman–Crippen LogP) is 9.04. The summed E-state index contributed by atoms with van der Waals surface area (Å²) in [5, 5.41) is 11.7. The van der Waals surface area contributed by atoms with Crippen molar-refractivity contribution in [3.05, 3.63) is 175 Å². The molecule has 0 aliphatic rings. The molecule has 0 aliphatic carbocycles. The fourth-order valence-corrected chi connectivity index (χ4v) is 4.66. The summed E-state index contributed by atoms with van der Waals surface area (Å²) in [7, 11) is 0. The topological polar surface area (TPSA) is 68.6 Å². The highest BCUT2D eigenvalue weighted by atomic mass is 16.2. The summed E-state index contributed by atoms with van der Waals surface area (Å²) in [6.07, 6.45) is 3.33. The number of para-hydroxylation sites is 3. The predicted molar refractivity (Wildman–Crippen MR) is 194 cm³/mol. The van der Waals surface area contributed by atoms with E-state index in [9.17, 15) is 9.59 Å². The molecular weight excluding hydrogens is 582 g/mol. The molecule has 0 saturated heterocycles. The van der Waals surface area contributed by atoms with Crippen LogP contribution in [0.4, 0.5) is 28.4 Å². The van der Waals surface area contributed by atoms with Crippen LogP contribution in [-0.2, 0) is 9.59 Å². The van der Waals surface area contributed by atoms with E-state index in [1.807, 2.05) is 140 Å². The number of carbonyl (C=O) groups excluding carboxylic acids is 2. The zero-order valence-electron chi connectivity index (χ0n) is 26.4. The summed E-state index contributed by atoms with van der Waals surface area (Å²) < 4.78 is 0. The first-order valence-corrected chi connectivity index (χ1v) is 15.0. The molecule has 5 rings (SSSR count). The van der Waals surface area contributed by atoms with Crippen molar-refractivity contribution in [3.8, 4) is 0 Å². The second kappa shape index (κ2) is 15.1. The van der Waals surface area contributed by atoms with Crippen LogP contribution in [0.5, 0.6) is 0 Å². The summed E-state index contributed by atoms with van der Waals surface area (Å²) in [4.78, 5) is 27.8. The number of nitrogens with zero attached hydrogens (tertiary/aromatic N) is 5. The third-order valence-corrected chi connectivity index (χ3v) is 7.08. The van der Waals surface area contributed by atoms with Gasteiger partial charge in [-0.15, -0.1) is 0 Å². The van der Waals surface area contributed by atoms with E-state index in [0.29, 0.717) is 22.5 Å². The Hall–Kier alpha value is -6.34. The molecule has 0 aliphatic heterocycles. The third kappa shape index (κ3) is 8.04. The zero-order chi connectivity index (χ0) is 33.2. The summed E-state index contributed by atoms with van der Waals surface area (Å²) in [6.45, 7) is 10.9. The molecule has 0 radical (unpaired) electrons. The highest BCUT2D eigenvalue weighted by Gasteiger charge is 2.17. The number of hydrazone groups is 2. The molecule has 5 aromatic carbocycles. The van der Waals surface area contributed by atoms with Crippen molar-refractivity contribution in [3.63, 3.8) is 0 Å². The molecule has 0 aromatic heterocycles. The van der Waals surface area contributed by atoms with E-state index in [1.165, 1.54) is 10.0 Å². The molecule has 0 heterocycles. The van der Waals surface area contributed by atoms with Crippen molar-refractivity contribution in [2.45, 2.75) is 13.8 Å². The van der Waals surface area contributed by atoms with Crippen LogP contribution in [0.3, 0.4) is 0 Å². The van der Waals surface area contributed by atoms with Crippen molar-refractivity contribution in [2.75, 3.05) is 14.9 Å². The zero-order valence-corrected chi connectivity index (χ0v) is 26.4. The molecular formula is C40H35N5O2. The van der Waals surface area contributed by atoms with E-state index in [2.05, 4.69) is 28.3 Å². The third-order valence-electron chi connectivity index (χ3n) is 7.08. The molecule has 232 valence electrons. The summed E-state index contributed by atoms with van der Waals surface area (Å²) in [5.74, 6) is -0.550. The smallest absolute Gasteiger partial charge is 0.273 e. The van der Waals surface area contributed by atoms with Crippen molar-refractivity contribution in [1.82, 2.24) is 0 Å². The maximum atomic E-state index is 12.8. The summed E-state index contributed by atoms with van der Waals surface area (Å²) >= 11 is 0. The van der Waals surface area contributed by atoms with Gasteiger partial charge in [-0.2, -0.15) is 20.2 Å². The number of carbonyl (C=O) groups is 2. The summed E-state index contributed by atoms with van der Waals surface area (Å²) in [6, 6.07) is 44.5. The van der Waals surface area contributed by atoms with Crippen LogP contribution in [0.2, 0.25) is 0 Å². The number of hydrogen-bond donors (Lipinski definition) is 0. The van der Waals surface area contributed by atoms with E-state index < -0.39 is 0 Å². The number of anilines is 5. The van der Waals surface area contributed by atoms with Gasteiger partial charge < -0.3 is 4.90 Å². The molecule has 0 atom stereocenters. The largest absolute Gasteiger partial charge is 0.311 e. The Morgan fingerprint density at radius 3 is 1.09 bits per heavy atom. The molecule has 0 N–H and O–H groups in total. The van der Waals surface area contributed by atoms with E-state index >= 15 is 0 Å². The molecule has 5 aromatic rings. The first kappa shape index (κ1) is 32.1. The fourth-order valence-electron chi connectivity index (χ4n) is 4.66. The van der Waals surface area contributed by atoms with Crippen LogP contribution in [0, 0.1) is 0 Å². The standard InChI is InChI=1S/C40H35N5O2/c1-30(2)39(46)44(37-16-10-6-11-17-37)41-28-32-20-24-35(25-21-32)43(34-14-8-5-9-15-34)36-26-22-33(23-27-36)29-42-45(40(47)31(3)4)38-18-12-7-13-19-38/h5-29H,1,3H2,2,4H3/b41-28+,42-29+. The number of hydrogen-bond acceptors (Lipinski definition) is 5. The number of benzene rings is 5. The molecule has 0 unspecified atom stereocenters. The minimum atomic E-state index is -0.275. The van der Waals surface area contributed by atoms with Crippen molar-refractivity contribution in [1.29, 1.82) is 0 Å². The van der Waals surface area contributed by atoms with Crippen LogP contribution in [0.1, 0.15) is 25.0 Å². The Morgan fingerprint density at radius 2 is 0.766 bits per heavy atom. The average molecular weight is 618 g/mol. The van der Waals surface area contributed by atoms with Gasteiger partial charge in [-0.05, 0) is 85.6 Å². The average Bonchev–Trinajstić information content (AvgIpc) is 3.11. The maximum absolute atomic E-state index is 12.8. The van der Waals surface area contributed by atoms with Crippen LogP contribution in [0.25, 0.3) is 0 Å². The number of amides is 2. The van der Waals surface area contributed by atoms with Crippen LogP contribution < -0.4 is 14.9 Å². The van der Waals surface area contributed by atoms with Gasteiger partial charge in [0, 0.05) is 28.2 Å². The van der Waals surface area contributed by atoms with Gasteiger partial charge in [-0.25, -0.2) is 0 Å². The van der Waals surface area contributed by atoms with Gasteiger partial charge in [0.05, 0.1) is 23.8 Å². The van der Waals surface area contributed by atoms with Crippen molar-refractivity contribution < 1.29 is 9.59 Å². The van der Waals surface area contributed by atoms with Crippen molar-refractivity contribution >= 4 is 52.7 Å². The molecule has 0 spiro atoms. The van der Waals surface area contributed by atoms with Gasteiger partial charge in [-0.3, -0.25) is 9.59 Å². The summed E-state index contributed by atoms with van der Waals surface area (Å²) in [5.41, 5.74) is 6.63. The molecule has 7 nitrogen and oxygen atoms in total. The lowest BCUT2D eigenvalue weighted by molar-refractivity contribution is -0.115. The first-order valence-electron chi connectivity index (χ1n) is 15.0. The van der Waals surface area contributed by atoms with Crippen LogP contribution >= 0.6 is 0 Å². The Bertz CT molecular complexity index is 1780. The molecule has 2 amide bonds. The van der Waals surface area contributed by atoms with E-state index in [0.717, 1.165) is 28.2 Å². The molecule has 7 heteroatoms. The molecule has 0 bridgehead atoms. The second-order valence-electron chi connectivity index (χ2n) is 10.8. The lowest BCUT2D eigenvalue weighted by Crippen LogP contribution is -2.26. The van der Waals surface area contributed by atoms with Gasteiger partial charge in [0.25, 0.3) is 11.8 Å². The Labute approximate surface area is 275 Å². The van der Waals surface area contributed by atoms with Gasteiger partial charge in [0.15, 0.2) is 0 Å². The highest BCUT2D eigenvalue weighted by Crippen LogP contribution is 2.34. The molecule has 0 saturated carbocycles. The SMILES string of the molecule is C=C(C)C(=O)N(/N=C/c1ccc(N(c2ccccc2)c2ccc(/C=N/N(C(=O)C(=C)C)c3ccccc3)cc2)cc1)c1ccccc1. The monoisotopic (exact) mass is 617 g/mol. The Morgan fingerprint density at radius 1 is 0.468 bits per heavy atom. The highest BCUT2D eigenvalue weighted by molar-refractivity contribution is 6.06. The van der Waals surface area contributed by atoms with Gasteiger partial charge >= 0.3 is 0 Å². The first-order chi connectivity index (χ1) is 22.8. The van der Waals surface area contributed by atoms with E-state index in [4.69, 9.17) is 0 Å². The maximum Gasteiger partial charge on any atom is 0.273 e. The second-order valence-corrected chi connectivity index (χ2v) is 10.8. The quantitative estimate of drug-likeness (QED) is 0.0844. The Balaban J connectivity index is 1.40. The number of rotatable bonds is 11. The fraction of sp³-hybridized carbons (Fsp3) is 0.0500. The van der Waals surface area contributed by atoms with Crippen molar-refractivity contribution in [2.24, 2.45) is 10.2 Å². The molecule has 47 heavy (non-hydrogen) atoms. The Kier molecular flexibility index (Phi) is 10.3. The van der Waals surface area contributed by atoms with E-state index in [1.54, 1.807) is 26.3 Å². The minimum absolute atomic E-state index is 0.275.